The lowest BCUT2D eigenvalue weighted by atomic mass is 9.67. The Balaban J connectivity index is 2.22. The van der Waals surface area contributed by atoms with Crippen LogP contribution in [0, 0.1) is 5.41 Å². The second-order valence-electron chi connectivity index (χ2n) is 4.04. The van der Waals surface area contributed by atoms with Gasteiger partial charge in [0.25, 0.3) is 0 Å². The van der Waals surface area contributed by atoms with Gasteiger partial charge in [-0.2, -0.15) is 0 Å². The smallest absolute Gasteiger partial charge is 0.00413 e. The predicted molar refractivity (Wildman–Crippen MR) is 44.8 cm³/mol. The van der Waals surface area contributed by atoms with E-state index in [1.54, 1.807) is 0 Å². The molecule has 0 spiro atoms. The molecule has 1 atom stereocenters. The van der Waals surface area contributed by atoms with Crippen LogP contribution in [0.3, 0.4) is 0 Å². The van der Waals surface area contributed by atoms with Crippen molar-refractivity contribution in [2.45, 2.75) is 52.0 Å². The molecule has 60 valence electrons. The predicted octanol–water partition coefficient (Wildman–Crippen LogP) is 2.30. The summed E-state index contributed by atoms with van der Waals surface area (Å²) in [5, 5.41) is 0. The van der Waals surface area contributed by atoms with Crippen molar-refractivity contribution in [2.75, 3.05) is 0 Å². The molecular weight excluding hydrogens is 122 g/mol. The Hall–Kier alpha value is -0.0400. The molecule has 0 aromatic carbocycles. The first-order valence-corrected chi connectivity index (χ1v) is 4.42. The van der Waals surface area contributed by atoms with Crippen molar-refractivity contribution < 1.29 is 0 Å². The van der Waals surface area contributed by atoms with E-state index in [0.717, 1.165) is 6.42 Å². The number of hydrogen-bond donors (Lipinski definition) is 1. The molecule has 1 fully saturated rings. The van der Waals surface area contributed by atoms with Crippen LogP contribution in [0.5, 0.6) is 0 Å². The summed E-state index contributed by atoms with van der Waals surface area (Å²) in [6.45, 7) is 4.54. The zero-order valence-corrected chi connectivity index (χ0v) is 7.19. The van der Waals surface area contributed by atoms with Crippen LogP contribution in [0.4, 0.5) is 0 Å². The third-order valence-corrected chi connectivity index (χ3v) is 2.84. The first kappa shape index (κ1) is 8.06. The van der Waals surface area contributed by atoms with Gasteiger partial charge in [-0.1, -0.05) is 20.3 Å². The average Bonchev–Trinajstić information content (AvgIpc) is 1.84. The van der Waals surface area contributed by atoms with Gasteiger partial charge in [0.2, 0.25) is 0 Å². The second kappa shape index (κ2) is 2.91. The summed E-state index contributed by atoms with van der Waals surface area (Å²) in [6.07, 6.45) is 6.60. The Labute approximate surface area is 64.0 Å². The van der Waals surface area contributed by atoms with Gasteiger partial charge in [0.05, 0.1) is 0 Å². The van der Waals surface area contributed by atoms with Crippen LogP contribution < -0.4 is 5.73 Å². The molecule has 0 aromatic heterocycles. The summed E-state index contributed by atoms with van der Waals surface area (Å²) in [4.78, 5) is 0. The van der Waals surface area contributed by atoms with Gasteiger partial charge >= 0.3 is 0 Å². The maximum absolute atomic E-state index is 5.87. The molecule has 0 aliphatic heterocycles. The fraction of sp³-hybridized carbons (Fsp3) is 1.00. The molecular formula is C9H19N. The maximum atomic E-state index is 5.87. The molecule has 2 N–H and O–H groups in total. The third kappa shape index (κ3) is 1.72. The van der Waals surface area contributed by atoms with E-state index < -0.39 is 0 Å². The monoisotopic (exact) mass is 141 g/mol. The van der Waals surface area contributed by atoms with E-state index in [-0.39, 0.29) is 0 Å². The van der Waals surface area contributed by atoms with Crippen molar-refractivity contribution in [1.82, 2.24) is 0 Å². The number of hydrogen-bond acceptors (Lipinski definition) is 1. The minimum atomic E-state index is 0.449. The van der Waals surface area contributed by atoms with Crippen LogP contribution in [0.1, 0.15) is 46.0 Å². The van der Waals surface area contributed by atoms with Crippen LogP contribution >= 0.6 is 0 Å². The highest BCUT2D eigenvalue weighted by Gasteiger charge is 2.32. The summed E-state index contributed by atoms with van der Waals surface area (Å²) in [6, 6.07) is 0.449. The van der Waals surface area contributed by atoms with E-state index in [2.05, 4.69) is 13.8 Å². The fourth-order valence-electron chi connectivity index (χ4n) is 1.76. The Bertz CT molecular complexity index is 105. The van der Waals surface area contributed by atoms with Gasteiger partial charge in [0, 0.05) is 6.04 Å². The molecule has 0 radical (unpaired) electrons. The molecule has 1 heteroatoms. The largest absolute Gasteiger partial charge is 0.328 e. The standard InChI is InChI=1S/C9H19N/c1-3-8(10)7-9(2)5-4-6-9/h8H,3-7,10H2,1-2H3/t8-/m1/s1. The fourth-order valence-corrected chi connectivity index (χ4v) is 1.76. The molecule has 0 aromatic rings. The molecule has 1 aliphatic carbocycles. The summed E-state index contributed by atoms with van der Waals surface area (Å²) >= 11 is 0. The lowest BCUT2D eigenvalue weighted by Crippen LogP contribution is -2.33. The van der Waals surface area contributed by atoms with E-state index in [0.29, 0.717) is 11.5 Å². The lowest BCUT2D eigenvalue weighted by molar-refractivity contribution is 0.133. The first-order valence-electron chi connectivity index (χ1n) is 4.42. The van der Waals surface area contributed by atoms with Crippen LogP contribution in [-0.4, -0.2) is 6.04 Å². The second-order valence-corrected chi connectivity index (χ2v) is 4.04. The van der Waals surface area contributed by atoms with Crippen LogP contribution in [0.2, 0.25) is 0 Å². The lowest BCUT2D eigenvalue weighted by Gasteiger charge is -2.40. The summed E-state index contributed by atoms with van der Waals surface area (Å²) < 4.78 is 0. The molecule has 10 heavy (non-hydrogen) atoms. The van der Waals surface area contributed by atoms with Crippen molar-refractivity contribution >= 4 is 0 Å². The summed E-state index contributed by atoms with van der Waals surface area (Å²) in [7, 11) is 0. The van der Waals surface area contributed by atoms with Crippen molar-refractivity contribution in [3.63, 3.8) is 0 Å². The van der Waals surface area contributed by atoms with Crippen molar-refractivity contribution in [2.24, 2.45) is 11.1 Å². The van der Waals surface area contributed by atoms with Crippen LogP contribution in [-0.2, 0) is 0 Å². The Morgan fingerprint density at radius 3 is 2.40 bits per heavy atom. The highest BCUT2D eigenvalue weighted by molar-refractivity contribution is 4.86. The average molecular weight is 141 g/mol. The van der Waals surface area contributed by atoms with Crippen LogP contribution in [0.25, 0.3) is 0 Å². The van der Waals surface area contributed by atoms with Gasteiger partial charge in [-0.25, -0.2) is 0 Å². The molecule has 1 rings (SSSR count). The molecule has 0 amide bonds. The van der Waals surface area contributed by atoms with Gasteiger partial charge < -0.3 is 5.73 Å². The van der Waals surface area contributed by atoms with E-state index >= 15 is 0 Å². The molecule has 0 unspecified atom stereocenters. The Morgan fingerprint density at radius 2 is 2.10 bits per heavy atom. The zero-order chi connectivity index (χ0) is 7.61. The summed E-state index contributed by atoms with van der Waals surface area (Å²) in [5.41, 5.74) is 6.49. The van der Waals surface area contributed by atoms with Gasteiger partial charge in [-0.05, 0) is 31.1 Å². The van der Waals surface area contributed by atoms with Gasteiger partial charge in [0.15, 0.2) is 0 Å². The minimum Gasteiger partial charge on any atom is -0.328 e. The van der Waals surface area contributed by atoms with E-state index in [9.17, 15) is 0 Å². The van der Waals surface area contributed by atoms with E-state index in [1.165, 1.54) is 25.7 Å². The highest BCUT2D eigenvalue weighted by atomic mass is 14.6. The first-order chi connectivity index (χ1) is 4.66. The third-order valence-electron chi connectivity index (χ3n) is 2.84. The molecule has 1 aliphatic rings. The molecule has 0 saturated heterocycles. The highest BCUT2D eigenvalue weighted by Crippen LogP contribution is 2.43. The quantitative estimate of drug-likeness (QED) is 0.641. The maximum Gasteiger partial charge on any atom is 0.00413 e. The summed E-state index contributed by atoms with van der Waals surface area (Å²) in [5.74, 6) is 0. The molecule has 1 nitrogen and oxygen atoms in total. The molecule has 0 bridgehead atoms. The normalized spacial score (nSPS) is 25.5. The number of nitrogens with two attached hydrogens (primary N) is 1. The topological polar surface area (TPSA) is 26.0 Å². The van der Waals surface area contributed by atoms with Crippen molar-refractivity contribution in [3.8, 4) is 0 Å². The van der Waals surface area contributed by atoms with Crippen LogP contribution in [0.15, 0.2) is 0 Å². The number of rotatable bonds is 3. The molecule has 0 heterocycles. The van der Waals surface area contributed by atoms with E-state index in [4.69, 9.17) is 5.73 Å². The van der Waals surface area contributed by atoms with Crippen molar-refractivity contribution in [3.05, 3.63) is 0 Å². The zero-order valence-electron chi connectivity index (χ0n) is 7.19. The van der Waals surface area contributed by atoms with Gasteiger partial charge in [0.1, 0.15) is 0 Å². The molecule has 1 saturated carbocycles. The van der Waals surface area contributed by atoms with E-state index in [1.807, 2.05) is 0 Å². The Morgan fingerprint density at radius 1 is 1.50 bits per heavy atom. The SMILES string of the molecule is CC[C@@H](N)CC1(C)CCC1. The minimum absolute atomic E-state index is 0.449. The van der Waals surface area contributed by atoms with Gasteiger partial charge in [-0.15, -0.1) is 0 Å². The Kier molecular flexibility index (Phi) is 2.35. The van der Waals surface area contributed by atoms with Crippen molar-refractivity contribution in [1.29, 1.82) is 0 Å². The van der Waals surface area contributed by atoms with Gasteiger partial charge in [-0.3, -0.25) is 0 Å².